The number of carboxylic acid groups (broad SMARTS) is 2. The third kappa shape index (κ3) is 5.47. The molecule has 1 aromatic rings. The van der Waals surface area contributed by atoms with Crippen molar-refractivity contribution in [1.29, 1.82) is 0 Å². The average molecular weight is 285 g/mol. The number of carbonyl (C=O) groups is 2. The summed E-state index contributed by atoms with van der Waals surface area (Å²) in [6.07, 6.45) is 2.62. The molecule has 0 aromatic carbocycles. The van der Waals surface area contributed by atoms with Gasteiger partial charge in [-0.15, -0.1) is 0 Å². The molecule has 0 aliphatic heterocycles. The van der Waals surface area contributed by atoms with E-state index in [0.717, 1.165) is 0 Å². The molecule has 0 radical (unpaired) electrons. The van der Waals surface area contributed by atoms with Crippen molar-refractivity contribution in [3.63, 3.8) is 0 Å². The molecule has 0 aliphatic rings. The van der Waals surface area contributed by atoms with E-state index < -0.39 is 28.5 Å². The summed E-state index contributed by atoms with van der Waals surface area (Å²) in [5.41, 5.74) is 0. The van der Waals surface area contributed by atoms with Crippen molar-refractivity contribution in [2.45, 2.75) is 17.7 Å². The van der Waals surface area contributed by atoms with Gasteiger partial charge in [0.15, 0.2) is 0 Å². The molecule has 0 saturated carbocycles. The molecule has 0 aliphatic carbocycles. The van der Waals surface area contributed by atoms with Crippen LogP contribution in [0.1, 0.15) is 12.8 Å². The molecule has 0 fully saturated rings. The largest absolute Gasteiger partial charge is 0.481 e. The number of hydrogen-bond donors (Lipinski definition) is 2. The van der Waals surface area contributed by atoms with E-state index in [2.05, 4.69) is 9.35 Å². The van der Waals surface area contributed by atoms with Crippen LogP contribution in [-0.2, 0) is 24.4 Å². The van der Waals surface area contributed by atoms with Crippen molar-refractivity contribution in [3.8, 4) is 0 Å². The third-order valence-corrected chi connectivity index (χ3v) is 3.38. The highest BCUT2D eigenvalue weighted by atomic mass is 32.2. The highest BCUT2D eigenvalue weighted by Crippen LogP contribution is 2.09. The smallest absolute Gasteiger partial charge is 0.308 e. The molecule has 0 spiro atoms. The Morgan fingerprint density at radius 2 is 1.95 bits per heavy atom. The second kappa shape index (κ2) is 7.47. The summed E-state index contributed by atoms with van der Waals surface area (Å²) in [5, 5.41) is 17.4. The van der Waals surface area contributed by atoms with E-state index in [1.165, 1.54) is 24.5 Å². The van der Waals surface area contributed by atoms with E-state index in [4.69, 9.17) is 10.2 Å². The standard InChI is InChI=1S/C11H13N2O5S/c14-10(15)2-1-8(11(16)17)7-13-19(18)9-3-5-12-6-4-9/h3-6,8H,1-2,7H2,(H,14,15)(H,16,17)/q-1. The van der Waals surface area contributed by atoms with Crippen LogP contribution < -0.4 is 0 Å². The highest BCUT2D eigenvalue weighted by molar-refractivity contribution is 7.74. The van der Waals surface area contributed by atoms with E-state index in [0.29, 0.717) is 4.90 Å². The molecule has 0 saturated heterocycles. The number of aromatic nitrogens is 1. The maximum Gasteiger partial charge on any atom is 0.308 e. The minimum Gasteiger partial charge on any atom is -0.481 e. The molecule has 8 heteroatoms. The fraction of sp³-hybridized carbons (Fsp3) is 0.364. The Labute approximate surface area is 111 Å². The fourth-order valence-electron chi connectivity index (χ4n) is 1.28. The van der Waals surface area contributed by atoms with E-state index in [1.54, 1.807) is 0 Å². The summed E-state index contributed by atoms with van der Waals surface area (Å²) in [6.45, 7) is -0.183. The molecule has 0 amide bonds. The van der Waals surface area contributed by atoms with Gasteiger partial charge in [-0.25, -0.2) is 0 Å². The van der Waals surface area contributed by atoms with Crippen molar-refractivity contribution in [2.24, 2.45) is 10.3 Å². The summed E-state index contributed by atoms with van der Waals surface area (Å²) in [4.78, 5) is 25.5. The van der Waals surface area contributed by atoms with Crippen molar-refractivity contribution < 1.29 is 24.0 Å². The molecule has 1 unspecified atom stereocenters. The molecule has 7 nitrogen and oxygen atoms in total. The molecule has 1 heterocycles. The van der Waals surface area contributed by atoms with Gasteiger partial charge in [-0.05, 0) is 6.42 Å². The normalized spacial score (nSPS) is 13.9. The van der Waals surface area contributed by atoms with Crippen LogP contribution in [0.15, 0.2) is 33.8 Å². The van der Waals surface area contributed by atoms with E-state index in [1.807, 2.05) is 0 Å². The first-order chi connectivity index (χ1) is 9.00. The molecule has 104 valence electrons. The summed E-state index contributed by atoms with van der Waals surface area (Å²) in [7, 11) is -1.66. The van der Waals surface area contributed by atoms with Crippen LogP contribution in [0.2, 0.25) is 0 Å². The topological polar surface area (TPSA) is 117 Å². The lowest BCUT2D eigenvalue weighted by Crippen LogP contribution is -2.18. The summed E-state index contributed by atoms with van der Waals surface area (Å²) < 4.78 is 15.5. The van der Waals surface area contributed by atoms with Gasteiger partial charge >= 0.3 is 11.9 Å². The summed E-state index contributed by atoms with van der Waals surface area (Å²) in [5.74, 6) is -3.15. The van der Waals surface area contributed by atoms with Crippen molar-refractivity contribution >= 4 is 22.5 Å². The maximum absolute atomic E-state index is 11.7. The first kappa shape index (κ1) is 15.1. The lowest BCUT2D eigenvalue weighted by molar-refractivity contribution is -0.142. The van der Waals surface area contributed by atoms with Gasteiger partial charge in [-0.3, -0.25) is 14.6 Å². The molecule has 19 heavy (non-hydrogen) atoms. The molecule has 1 atom stereocenters. The monoisotopic (exact) mass is 285 g/mol. The molecular weight excluding hydrogens is 272 g/mol. The van der Waals surface area contributed by atoms with Crippen LogP contribution in [0.3, 0.4) is 0 Å². The third-order valence-electron chi connectivity index (χ3n) is 2.32. The Bertz CT molecular complexity index is 525. The van der Waals surface area contributed by atoms with Crippen LogP contribution >= 0.6 is 0 Å². The maximum atomic E-state index is 11.7. The van der Waals surface area contributed by atoms with Crippen molar-refractivity contribution in [1.82, 2.24) is 4.98 Å². The van der Waals surface area contributed by atoms with Gasteiger partial charge < -0.3 is 18.8 Å². The van der Waals surface area contributed by atoms with Gasteiger partial charge in [0.1, 0.15) is 0 Å². The molecule has 2 N–H and O–H groups in total. The second-order valence-corrected chi connectivity index (χ2v) is 4.94. The van der Waals surface area contributed by atoms with Crippen LogP contribution in [0.5, 0.6) is 0 Å². The van der Waals surface area contributed by atoms with Crippen LogP contribution in [0, 0.1) is 5.92 Å². The van der Waals surface area contributed by atoms with E-state index >= 15 is 0 Å². The Morgan fingerprint density at radius 3 is 2.47 bits per heavy atom. The summed E-state index contributed by atoms with van der Waals surface area (Å²) in [6, 6.07) is 3.04. The zero-order valence-electron chi connectivity index (χ0n) is 9.93. The first-order valence-electron chi connectivity index (χ1n) is 5.44. The Balaban J connectivity index is 2.68. The SMILES string of the molecule is O=C(O)CCC(CN=[S-](=O)c1ccncc1)C(=O)O. The van der Waals surface area contributed by atoms with Gasteiger partial charge in [0.2, 0.25) is 0 Å². The predicted octanol–water partition coefficient (Wildman–Crippen LogP) is 1.15. The van der Waals surface area contributed by atoms with Gasteiger partial charge in [0.05, 0.1) is 5.92 Å². The number of nitrogens with zero attached hydrogens (tertiary/aromatic N) is 2. The quantitative estimate of drug-likeness (QED) is 0.726. The molecule has 1 rings (SSSR count). The van der Waals surface area contributed by atoms with Gasteiger partial charge in [0, 0.05) is 25.4 Å². The molecular formula is C11H13N2O5S-. The van der Waals surface area contributed by atoms with E-state index in [9.17, 15) is 13.8 Å². The van der Waals surface area contributed by atoms with Crippen LogP contribution in [-0.4, -0.2) is 33.7 Å². The first-order valence-corrected chi connectivity index (χ1v) is 6.55. The average Bonchev–Trinajstić information content (AvgIpc) is 2.38. The van der Waals surface area contributed by atoms with Crippen LogP contribution in [0.25, 0.3) is 0 Å². The fourth-order valence-corrected chi connectivity index (χ4v) is 2.10. The van der Waals surface area contributed by atoms with Gasteiger partial charge in [-0.1, -0.05) is 17.0 Å². The molecule has 0 bridgehead atoms. The number of carboxylic acids is 2. The van der Waals surface area contributed by atoms with Gasteiger partial charge in [-0.2, -0.15) is 10.6 Å². The lowest BCUT2D eigenvalue weighted by atomic mass is 10.0. The van der Waals surface area contributed by atoms with E-state index in [-0.39, 0.29) is 19.4 Å². The Hall–Kier alpha value is -1.96. The second-order valence-electron chi connectivity index (χ2n) is 3.71. The van der Waals surface area contributed by atoms with Crippen LogP contribution in [0.4, 0.5) is 0 Å². The molecule has 1 aromatic heterocycles. The Kier molecular flexibility index (Phi) is 5.94. The zero-order chi connectivity index (χ0) is 14.3. The minimum atomic E-state index is -1.66. The number of rotatable bonds is 7. The number of aliphatic carboxylic acids is 2. The zero-order valence-corrected chi connectivity index (χ0v) is 10.7. The predicted molar refractivity (Wildman–Crippen MR) is 65.8 cm³/mol. The van der Waals surface area contributed by atoms with Crippen molar-refractivity contribution in [2.75, 3.05) is 6.54 Å². The minimum absolute atomic E-state index is 0.0400. The van der Waals surface area contributed by atoms with Gasteiger partial charge in [0.25, 0.3) is 0 Å². The number of hydrogen-bond acceptors (Lipinski definition) is 6. The van der Waals surface area contributed by atoms with Crippen molar-refractivity contribution in [3.05, 3.63) is 24.5 Å². The summed E-state index contributed by atoms with van der Waals surface area (Å²) >= 11 is 0. The Morgan fingerprint density at radius 1 is 1.32 bits per heavy atom. The number of pyridine rings is 1. The highest BCUT2D eigenvalue weighted by Gasteiger charge is 2.17. The lowest BCUT2D eigenvalue weighted by Gasteiger charge is -2.11.